The van der Waals surface area contributed by atoms with E-state index in [2.05, 4.69) is 25.7 Å². The Hall–Kier alpha value is -3.17. The second-order valence-corrected chi connectivity index (χ2v) is 12.2. The molecule has 1 aromatic carbocycles. The third kappa shape index (κ3) is 28.3. The summed E-state index contributed by atoms with van der Waals surface area (Å²) >= 11 is 0. The van der Waals surface area contributed by atoms with Gasteiger partial charge in [-0.1, -0.05) is 0 Å². The Morgan fingerprint density at radius 1 is 0.500 bits per heavy atom. The van der Waals surface area contributed by atoms with Crippen molar-refractivity contribution >= 4 is 6.09 Å². The topological polar surface area (TPSA) is 191 Å². The van der Waals surface area contributed by atoms with E-state index in [4.69, 9.17) is 56.8 Å². The normalized spacial score (nSPS) is 11.6. The lowest BCUT2D eigenvalue weighted by atomic mass is 10.2. The molecule has 54 heavy (non-hydrogen) atoms. The summed E-state index contributed by atoms with van der Waals surface area (Å²) in [6.07, 6.45) is -0.455. The van der Waals surface area contributed by atoms with Crippen LogP contribution in [-0.2, 0) is 52.1 Å². The molecule has 0 radical (unpaired) electrons. The molecule has 0 atom stereocenters. The number of carbonyl (C=O) groups is 1. The number of carbonyl (C=O) groups excluding carboxylic acids is 1. The zero-order valence-electron chi connectivity index (χ0n) is 32.5. The summed E-state index contributed by atoms with van der Waals surface area (Å²) in [5, 5.41) is 18.5. The molecule has 18 nitrogen and oxygen atoms in total. The van der Waals surface area contributed by atoms with Crippen LogP contribution in [0.15, 0.2) is 24.3 Å². The van der Waals surface area contributed by atoms with Crippen LogP contribution >= 0.6 is 0 Å². The smallest absolute Gasteiger partial charge is 0.407 e. The van der Waals surface area contributed by atoms with E-state index in [9.17, 15) is 4.79 Å². The van der Waals surface area contributed by atoms with Gasteiger partial charge in [0.2, 0.25) is 5.82 Å². The molecule has 0 fully saturated rings. The monoisotopic (exact) mass is 771 g/mol. The van der Waals surface area contributed by atoms with Gasteiger partial charge in [0.25, 0.3) is 0 Å². The molecule has 1 aromatic heterocycles. The van der Waals surface area contributed by atoms with Gasteiger partial charge in [0.1, 0.15) is 18.0 Å². The maximum Gasteiger partial charge on any atom is 0.407 e. The van der Waals surface area contributed by atoms with Gasteiger partial charge in [0, 0.05) is 12.1 Å². The van der Waals surface area contributed by atoms with Crippen molar-refractivity contribution in [2.24, 2.45) is 0 Å². The highest BCUT2D eigenvalue weighted by Crippen LogP contribution is 2.18. The number of nitrogens with zero attached hydrogens (tertiary/aromatic N) is 4. The van der Waals surface area contributed by atoms with Gasteiger partial charge in [0.05, 0.1) is 132 Å². The van der Waals surface area contributed by atoms with Gasteiger partial charge in [-0.3, -0.25) is 0 Å². The summed E-state index contributed by atoms with van der Waals surface area (Å²) in [6.45, 7) is 17.4. The average Bonchev–Trinajstić information content (AvgIpc) is 3.15. The van der Waals surface area contributed by atoms with E-state index in [1.165, 1.54) is 0 Å². The maximum atomic E-state index is 11.5. The quantitative estimate of drug-likeness (QED) is 0.100. The highest BCUT2D eigenvalue weighted by atomic mass is 16.6. The third-order valence-corrected chi connectivity index (χ3v) is 6.45. The minimum Gasteiger partial charge on any atom is -0.491 e. The maximum absolute atomic E-state index is 11.5. The lowest BCUT2D eigenvalue weighted by molar-refractivity contribution is -0.0266. The third-order valence-electron chi connectivity index (χ3n) is 6.45. The van der Waals surface area contributed by atoms with Gasteiger partial charge < -0.3 is 62.2 Å². The van der Waals surface area contributed by atoms with E-state index in [0.717, 1.165) is 11.3 Å². The molecule has 0 aliphatic carbocycles. The van der Waals surface area contributed by atoms with Crippen molar-refractivity contribution in [3.05, 3.63) is 30.1 Å². The standard InChI is InChI=1S/C36H61N5O13/c1-31-38-40-34(41-39-31)32-5-7-33(8-6-32)53-30-29-52-28-27-51-26-25-50-24-23-49-22-21-48-20-19-47-18-17-46-16-15-45-14-13-44-12-11-43-10-9-37-35(42)54-36(2,3)4/h5-8H,9-30H2,1-4H3,(H,37,42). The minimum absolute atomic E-state index is 0.379. The molecule has 0 aliphatic heterocycles. The van der Waals surface area contributed by atoms with Crippen molar-refractivity contribution in [3.8, 4) is 17.1 Å². The van der Waals surface area contributed by atoms with Crippen molar-refractivity contribution in [3.63, 3.8) is 0 Å². The summed E-state index contributed by atoms with van der Waals surface area (Å²) in [7, 11) is 0. The van der Waals surface area contributed by atoms with Gasteiger partial charge in [-0.15, -0.1) is 20.4 Å². The Kier molecular flexibility index (Phi) is 27.9. The Bertz CT molecular complexity index is 1160. The lowest BCUT2D eigenvalue weighted by Gasteiger charge is -2.19. The number of aryl methyl sites for hydroxylation is 1. The number of rotatable bonds is 35. The molecule has 308 valence electrons. The van der Waals surface area contributed by atoms with Crippen LogP contribution in [0.3, 0.4) is 0 Å². The first-order valence-corrected chi connectivity index (χ1v) is 18.3. The van der Waals surface area contributed by atoms with Crippen molar-refractivity contribution in [2.45, 2.75) is 33.3 Å². The Balaban J connectivity index is 1.18. The first kappa shape index (κ1) is 47.0. The van der Waals surface area contributed by atoms with Crippen molar-refractivity contribution in [2.75, 3.05) is 145 Å². The molecule has 18 heteroatoms. The van der Waals surface area contributed by atoms with Crippen LogP contribution < -0.4 is 10.1 Å². The van der Waals surface area contributed by atoms with Crippen LogP contribution in [-0.4, -0.2) is 177 Å². The second kappa shape index (κ2) is 32.1. The van der Waals surface area contributed by atoms with E-state index >= 15 is 0 Å². The van der Waals surface area contributed by atoms with Crippen LogP contribution in [0.5, 0.6) is 5.75 Å². The largest absolute Gasteiger partial charge is 0.491 e. The SMILES string of the molecule is Cc1nnc(-c2ccc(OCCOCCOCCOCCOCCOCCOCCOCCOCCOCCOCCNC(=O)OC(C)(C)C)cc2)nn1. The molecule has 0 spiro atoms. The molecule has 0 saturated heterocycles. The zero-order valence-corrected chi connectivity index (χ0v) is 32.5. The van der Waals surface area contributed by atoms with Gasteiger partial charge in [-0.2, -0.15) is 0 Å². The molecule has 1 heterocycles. The number of benzene rings is 1. The van der Waals surface area contributed by atoms with E-state index in [1.807, 2.05) is 45.0 Å². The highest BCUT2D eigenvalue weighted by Gasteiger charge is 2.15. The van der Waals surface area contributed by atoms with E-state index in [1.54, 1.807) is 6.92 Å². The molecule has 1 N–H and O–H groups in total. The molecule has 1 amide bonds. The van der Waals surface area contributed by atoms with Crippen molar-refractivity contribution < 1.29 is 61.6 Å². The number of ether oxygens (including phenoxy) is 12. The van der Waals surface area contributed by atoms with Crippen LogP contribution in [0.25, 0.3) is 11.4 Å². The number of aromatic nitrogens is 4. The van der Waals surface area contributed by atoms with Gasteiger partial charge >= 0.3 is 6.09 Å². The van der Waals surface area contributed by atoms with Crippen molar-refractivity contribution in [1.29, 1.82) is 0 Å². The summed E-state index contributed by atoms with van der Waals surface area (Å²) in [4.78, 5) is 11.5. The molecule has 0 saturated carbocycles. The van der Waals surface area contributed by atoms with Crippen LogP contribution in [0.4, 0.5) is 4.79 Å². The number of alkyl carbamates (subject to hydrolysis) is 1. The number of amides is 1. The molecular weight excluding hydrogens is 710 g/mol. The van der Waals surface area contributed by atoms with Crippen molar-refractivity contribution in [1.82, 2.24) is 25.7 Å². The summed E-state index contributed by atoms with van der Waals surface area (Å²) in [5.74, 6) is 1.73. The van der Waals surface area contributed by atoms with E-state index in [0.29, 0.717) is 157 Å². The second-order valence-electron chi connectivity index (χ2n) is 12.2. The molecular formula is C36H61N5O13. The van der Waals surface area contributed by atoms with Crippen LogP contribution in [0.2, 0.25) is 0 Å². The first-order valence-electron chi connectivity index (χ1n) is 18.3. The fraction of sp³-hybridized carbons (Fsp3) is 0.750. The fourth-order valence-corrected chi connectivity index (χ4v) is 3.93. The lowest BCUT2D eigenvalue weighted by Crippen LogP contribution is -2.34. The van der Waals surface area contributed by atoms with Gasteiger partial charge in [-0.05, 0) is 52.0 Å². The molecule has 2 rings (SSSR count). The average molecular weight is 772 g/mol. The zero-order chi connectivity index (χ0) is 38.8. The van der Waals surface area contributed by atoms with E-state index < -0.39 is 11.7 Å². The Labute approximate surface area is 319 Å². The summed E-state index contributed by atoms with van der Waals surface area (Å²) < 4.78 is 65.6. The molecule has 0 unspecified atom stereocenters. The van der Waals surface area contributed by atoms with E-state index in [-0.39, 0.29) is 0 Å². The first-order chi connectivity index (χ1) is 26.3. The Morgan fingerprint density at radius 2 is 0.833 bits per heavy atom. The van der Waals surface area contributed by atoms with Gasteiger partial charge in [-0.25, -0.2) is 4.79 Å². The van der Waals surface area contributed by atoms with Crippen LogP contribution in [0, 0.1) is 6.92 Å². The predicted molar refractivity (Wildman–Crippen MR) is 196 cm³/mol. The molecule has 0 aliphatic rings. The predicted octanol–water partition coefficient (Wildman–Crippen LogP) is 2.31. The number of hydrogen-bond donors (Lipinski definition) is 1. The van der Waals surface area contributed by atoms with Crippen LogP contribution in [0.1, 0.15) is 26.6 Å². The molecule has 0 bridgehead atoms. The fourth-order valence-electron chi connectivity index (χ4n) is 3.93. The highest BCUT2D eigenvalue weighted by molar-refractivity contribution is 5.67. The summed E-state index contributed by atoms with van der Waals surface area (Å²) in [6, 6.07) is 7.41. The molecule has 2 aromatic rings. The van der Waals surface area contributed by atoms with Gasteiger partial charge in [0.15, 0.2) is 5.82 Å². The minimum atomic E-state index is -0.516. The Morgan fingerprint density at radius 3 is 1.19 bits per heavy atom. The summed E-state index contributed by atoms with van der Waals surface area (Å²) in [5.41, 5.74) is 0.303. The number of nitrogens with one attached hydrogen (secondary N) is 1. The number of hydrogen-bond acceptors (Lipinski definition) is 17.